The number of fused-ring (bicyclic) bond motifs is 1. The van der Waals surface area contributed by atoms with Gasteiger partial charge in [0.2, 0.25) is 11.8 Å². The van der Waals surface area contributed by atoms with Crippen molar-refractivity contribution >= 4 is 39.8 Å². The largest absolute Gasteiger partial charge is 0.495 e. The summed E-state index contributed by atoms with van der Waals surface area (Å²) in [6.07, 6.45) is 4.45. The van der Waals surface area contributed by atoms with Crippen LogP contribution in [0.4, 0.5) is 21.5 Å². The Morgan fingerprint density at radius 2 is 1.55 bits per heavy atom. The molecule has 0 spiro atoms. The maximum Gasteiger partial charge on any atom is 0.240 e. The molecular formula is C32H32FN5O4. The van der Waals surface area contributed by atoms with Gasteiger partial charge in [-0.2, -0.15) is 0 Å². The molecule has 6 rings (SSSR count). The van der Waals surface area contributed by atoms with Gasteiger partial charge in [0.25, 0.3) is 0 Å². The Bertz CT molecular complexity index is 1620. The molecule has 216 valence electrons. The van der Waals surface area contributed by atoms with Crippen molar-refractivity contribution in [3.05, 3.63) is 78.7 Å². The van der Waals surface area contributed by atoms with Gasteiger partial charge >= 0.3 is 0 Å². The number of ether oxygens (including phenoxy) is 2. The summed E-state index contributed by atoms with van der Waals surface area (Å²) in [5.41, 5.74) is 7.71. The number of piperidine rings is 1. The fraction of sp³-hybridized carbons (Fsp3) is 0.281. The number of benzene rings is 3. The zero-order chi connectivity index (χ0) is 29.3. The van der Waals surface area contributed by atoms with E-state index >= 15 is 0 Å². The first-order valence-electron chi connectivity index (χ1n) is 14.0. The Labute approximate surface area is 242 Å². The molecule has 0 radical (unpaired) electrons. The Morgan fingerprint density at radius 3 is 2.14 bits per heavy atom. The van der Waals surface area contributed by atoms with E-state index < -0.39 is 17.1 Å². The van der Waals surface area contributed by atoms with E-state index in [1.807, 2.05) is 12.1 Å². The molecule has 2 fully saturated rings. The molecule has 1 saturated carbocycles. The quantitative estimate of drug-likeness (QED) is 0.241. The highest BCUT2D eigenvalue weighted by molar-refractivity contribution is 6.16. The fourth-order valence-corrected chi connectivity index (χ4v) is 5.23. The lowest BCUT2D eigenvalue weighted by molar-refractivity contribution is -0.131. The molecule has 3 aromatic carbocycles. The topological polar surface area (TPSA) is 119 Å². The summed E-state index contributed by atoms with van der Waals surface area (Å²) in [5, 5.41) is 6.37. The van der Waals surface area contributed by atoms with Crippen LogP contribution in [-0.4, -0.2) is 43.0 Å². The number of nitrogens with zero attached hydrogens (tertiary/aromatic N) is 2. The number of pyridine rings is 1. The number of aromatic nitrogens is 1. The van der Waals surface area contributed by atoms with E-state index in [0.717, 1.165) is 48.3 Å². The van der Waals surface area contributed by atoms with Crippen molar-refractivity contribution in [2.75, 3.05) is 35.7 Å². The van der Waals surface area contributed by atoms with Gasteiger partial charge in [0.15, 0.2) is 0 Å². The summed E-state index contributed by atoms with van der Waals surface area (Å²) in [4.78, 5) is 32.7. The molecule has 1 aromatic heterocycles. The second-order valence-electron chi connectivity index (χ2n) is 10.8. The van der Waals surface area contributed by atoms with E-state index in [2.05, 4.69) is 20.5 Å². The zero-order valence-corrected chi connectivity index (χ0v) is 23.2. The number of anilines is 3. The maximum atomic E-state index is 13.2. The van der Waals surface area contributed by atoms with E-state index in [9.17, 15) is 14.0 Å². The fourth-order valence-electron chi connectivity index (χ4n) is 5.23. The van der Waals surface area contributed by atoms with Gasteiger partial charge in [0.1, 0.15) is 28.5 Å². The number of hydrogen-bond donors (Lipinski definition) is 3. The number of nitrogens with one attached hydrogen (secondary N) is 2. The summed E-state index contributed by atoms with van der Waals surface area (Å²) in [6, 6.07) is 18.4. The summed E-state index contributed by atoms with van der Waals surface area (Å²) < 4.78 is 25.1. The van der Waals surface area contributed by atoms with Crippen LogP contribution in [0.5, 0.6) is 17.2 Å². The Hall–Kier alpha value is -4.70. The summed E-state index contributed by atoms with van der Waals surface area (Å²) in [7, 11) is 1.66. The lowest BCUT2D eigenvalue weighted by Gasteiger charge is -2.33. The number of nitrogens with two attached hydrogens (primary N) is 1. The van der Waals surface area contributed by atoms with Gasteiger partial charge < -0.3 is 30.7 Å². The maximum absolute atomic E-state index is 13.2. The smallest absolute Gasteiger partial charge is 0.240 e. The van der Waals surface area contributed by atoms with Crippen molar-refractivity contribution in [1.29, 1.82) is 0 Å². The molecule has 2 heterocycles. The standard InChI is InChI=1S/C32H32FN5O4/c1-41-29-18-25-26(19-27(29)38-16-11-21(34)12-17-38)35-15-10-28(25)42-24-8-6-23(7-9-24)37-31(40)32(13-14-32)30(39)36-22-4-2-20(33)3-5-22/h2-10,15,18-19,21H,11-14,16-17,34H2,1H3,(H,36,39)(H,37,40). The average Bonchev–Trinajstić information content (AvgIpc) is 3.82. The van der Waals surface area contributed by atoms with Crippen LogP contribution >= 0.6 is 0 Å². The normalized spacial score (nSPS) is 16.1. The molecule has 0 unspecified atom stereocenters. The highest BCUT2D eigenvalue weighted by atomic mass is 19.1. The highest BCUT2D eigenvalue weighted by Gasteiger charge is 2.56. The number of carbonyl (C=O) groups is 2. The van der Waals surface area contributed by atoms with E-state index in [4.69, 9.17) is 15.2 Å². The number of rotatable bonds is 8. The predicted molar refractivity (Wildman–Crippen MR) is 160 cm³/mol. The molecule has 2 aliphatic rings. The van der Waals surface area contributed by atoms with Crippen molar-refractivity contribution in [3.63, 3.8) is 0 Å². The van der Waals surface area contributed by atoms with Gasteiger partial charge in [-0.25, -0.2) is 4.39 Å². The van der Waals surface area contributed by atoms with E-state index in [-0.39, 0.29) is 11.9 Å². The summed E-state index contributed by atoms with van der Waals surface area (Å²) in [5.74, 6) is 0.754. The Kier molecular flexibility index (Phi) is 7.38. The third kappa shape index (κ3) is 5.58. The van der Waals surface area contributed by atoms with Crippen LogP contribution in [0.3, 0.4) is 0 Å². The zero-order valence-electron chi connectivity index (χ0n) is 23.2. The third-order valence-electron chi connectivity index (χ3n) is 7.94. The first-order chi connectivity index (χ1) is 20.3. The molecule has 9 nitrogen and oxygen atoms in total. The van der Waals surface area contributed by atoms with E-state index in [0.29, 0.717) is 35.7 Å². The molecule has 42 heavy (non-hydrogen) atoms. The number of hydrogen-bond acceptors (Lipinski definition) is 7. The van der Waals surface area contributed by atoms with E-state index in [1.165, 1.54) is 24.3 Å². The summed E-state index contributed by atoms with van der Waals surface area (Å²) in [6.45, 7) is 1.73. The Balaban J connectivity index is 1.14. The van der Waals surface area contributed by atoms with Crippen LogP contribution < -0.4 is 30.7 Å². The first-order valence-corrected chi connectivity index (χ1v) is 14.0. The second kappa shape index (κ2) is 11.3. The molecule has 4 N–H and O–H groups in total. The minimum absolute atomic E-state index is 0.229. The van der Waals surface area contributed by atoms with Gasteiger partial charge in [0, 0.05) is 42.1 Å². The van der Waals surface area contributed by atoms with Crippen molar-refractivity contribution in [1.82, 2.24) is 4.98 Å². The van der Waals surface area contributed by atoms with Gasteiger partial charge in [0.05, 0.1) is 18.3 Å². The van der Waals surface area contributed by atoms with Gasteiger partial charge in [-0.15, -0.1) is 0 Å². The lowest BCUT2D eigenvalue weighted by Crippen LogP contribution is -2.39. The number of carbonyl (C=O) groups excluding carboxylic acids is 2. The van der Waals surface area contributed by atoms with Gasteiger partial charge in [-0.3, -0.25) is 14.6 Å². The molecule has 4 aromatic rings. The number of halogens is 1. The van der Waals surface area contributed by atoms with Gasteiger partial charge in [-0.05, 0) is 92.4 Å². The van der Waals surface area contributed by atoms with Crippen LogP contribution in [0.15, 0.2) is 72.9 Å². The number of amides is 2. The lowest BCUT2D eigenvalue weighted by atomic mass is 10.0. The van der Waals surface area contributed by atoms with Crippen molar-refractivity contribution < 1.29 is 23.5 Å². The SMILES string of the molecule is COc1cc2c(Oc3ccc(NC(=O)C4(C(=O)Nc5ccc(F)cc5)CC4)cc3)ccnc2cc1N1CCC(N)CC1. The molecule has 1 saturated heterocycles. The van der Waals surface area contributed by atoms with Gasteiger partial charge in [-0.1, -0.05) is 0 Å². The van der Waals surface area contributed by atoms with Crippen LogP contribution in [0.1, 0.15) is 25.7 Å². The van der Waals surface area contributed by atoms with Crippen LogP contribution in [-0.2, 0) is 9.59 Å². The van der Waals surface area contributed by atoms with Crippen LogP contribution in [0.25, 0.3) is 10.9 Å². The first kappa shape index (κ1) is 27.5. The monoisotopic (exact) mass is 569 g/mol. The Morgan fingerprint density at radius 1 is 0.929 bits per heavy atom. The molecule has 1 aliphatic carbocycles. The summed E-state index contributed by atoms with van der Waals surface area (Å²) >= 11 is 0. The van der Waals surface area contributed by atoms with E-state index in [1.54, 1.807) is 43.6 Å². The third-order valence-corrected chi connectivity index (χ3v) is 7.94. The minimum Gasteiger partial charge on any atom is -0.495 e. The van der Waals surface area contributed by atoms with Crippen molar-refractivity contribution in [2.45, 2.75) is 31.7 Å². The van der Waals surface area contributed by atoms with Crippen LogP contribution in [0.2, 0.25) is 0 Å². The molecule has 10 heteroatoms. The molecule has 0 bridgehead atoms. The van der Waals surface area contributed by atoms with Crippen molar-refractivity contribution in [3.8, 4) is 17.2 Å². The average molecular weight is 570 g/mol. The molecule has 2 amide bonds. The minimum atomic E-state index is -1.14. The molecule has 0 atom stereocenters. The number of methoxy groups -OCH3 is 1. The molecular weight excluding hydrogens is 537 g/mol. The molecule has 1 aliphatic heterocycles. The predicted octanol–water partition coefficient (Wildman–Crippen LogP) is 5.46. The highest BCUT2D eigenvalue weighted by Crippen LogP contribution is 2.47. The van der Waals surface area contributed by atoms with Crippen LogP contribution in [0, 0.1) is 11.2 Å². The van der Waals surface area contributed by atoms with Crippen molar-refractivity contribution in [2.24, 2.45) is 11.1 Å². The second-order valence-corrected chi connectivity index (χ2v) is 10.8.